The van der Waals surface area contributed by atoms with Crippen LogP contribution in [0.2, 0.25) is 0 Å². The molecule has 0 aromatic carbocycles. The standard InChI is InChI=1S/C17H19N3O2S2/c21-15(14-10-24-11-18-14)19-13-7-17(8-13)2-4-20(5-3-17)16(22)12-1-6-23-9-12/h1,6,9-11,13H,2-5,7-8H2,(H,19,21). The van der Waals surface area contributed by atoms with E-state index in [1.807, 2.05) is 21.7 Å². The van der Waals surface area contributed by atoms with Crippen molar-refractivity contribution in [3.05, 3.63) is 39.0 Å². The molecule has 2 aliphatic rings. The van der Waals surface area contributed by atoms with Crippen LogP contribution >= 0.6 is 22.7 Å². The number of nitrogens with zero attached hydrogens (tertiary/aromatic N) is 2. The molecule has 0 unspecified atom stereocenters. The van der Waals surface area contributed by atoms with Crippen molar-refractivity contribution in [3.8, 4) is 0 Å². The quantitative estimate of drug-likeness (QED) is 0.914. The molecule has 1 saturated carbocycles. The van der Waals surface area contributed by atoms with Crippen molar-refractivity contribution < 1.29 is 9.59 Å². The van der Waals surface area contributed by atoms with Crippen molar-refractivity contribution >= 4 is 34.5 Å². The van der Waals surface area contributed by atoms with Crippen molar-refractivity contribution in [1.29, 1.82) is 0 Å². The normalized spacial score (nSPS) is 19.9. The Kier molecular flexibility index (Phi) is 4.14. The van der Waals surface area contributed by atoms with E-state index in [0.717, 1.165) is 44.3 Å². The van der Waals surface area contributed by atoms with Gasteiger partial charge in [-0.2, -0.15) is 11.3 Å². The molecular weight excluding hydrogens is 342 g/mol. The van der Waals surface area contributed by atoms with Crippen LogP contribution in [0.25, 0.3) is 0 Å². The summed E-state index contributed by atoms with van der Waals surface area (Å²) in [6.45, 7) is 1.64. The molecule has 1 aliphatic carbocycles. The maximum Gasteiger partial charge on any atom is 0.270 e. The highest BCUT2D eigenvalue weighted by atomic mass is 32.1. The van der Waals surface area contributed by atoms with Crippen molar-refractivity contribution in [2.75, 3.05) is 13.1 Å². The third kappa shape index (κ3) is 2.98. The minimum absolute atomic E-state index is 0.0684. The number of nitrogens with one attached hydrogen (secondary N) is 1. The van der Waals surface area contributed by atoms with E-state index in [2.05, 4.69) is 10.3 Å². The number of carbonyl (C=O) groups is 2. The van der Waals surface area contributed by atoms with E-state index in [9.17, 15) is 9.59 Å². The Balaban J connectivity index is 1.27. The number of amides is 2. The summed E-state index contributed by atoms with van der Waals surface area (Å²) in [5.74, 6) is 0.0833. The molecule has 1 saturated heterocycles. The topological polar surface area (TPSA) is 62.3 Å². The van der Waals surface area contributed by atoms with Crippen LogP contribution in [0, 0.1) is 5.41 Å². The molecular formula is C17H19N3O2S2. The molecule has 1 spiro atoms. The summed E-state index contributed by atoms with van der Waals surface area (Å²) >= 11 is 3.00. The van der Waals surface area contributed by atoms with Crippen molar-refractivity contribution in [2.24, 2.45) is 5.41 Å². The Morgan fingerprint density at radius 1 is 1.21 bits per heavy atom. The number of rotatable bonds is 3. The molecule has 24 heavy (non-hydrogen) atoms. The lowest BCUT2D eigenvalue weighted by Crippen LogP contribution is -2.55. The fraction of sp³-hybridized carbons (Fsp3) is 0.471. The summed E-state index contributed by atoms with van der Waals surface area (Å²) in [6.07, 6.45) is 4.10. The minimum Gasteiger partial charge on any atom is -0.348 e. The highest BCUT2D eigenvalue weighted by Crippen LogP contribution is 2.49. The second-order valence-corrected chi connectivity index (χ2v) is 8.26. The summed E-state index contributed by atoms with van der Waals surface area (Å²) in [4.78, 5) is 30.4. The number of hydrogen-bond acceptors (Lipinski definition) is 5. The summed E-state index contributed by atoms with van der Waals surface area (Å²) in [6, 6.07) is 2.14. The first-order valence-corrected chi connectivity index (χ1v) is 10.0. The number of hydrogen-bond donors (Lipinski definition) is 1. The lowest BCUT2D eigenvalue weighted by molar-refractivity contribution is 0.00860. The molecule has 0 atom stereocenters. The molecule has 1 N–H and O–H groups in total. The van der Waals surface area contributed by atoms with E-state index in [0.29, 0.717) is 11.1 Å². The maximum absolute atomic E-state index is 12.4. The third-order valence-electron chi connectivity index (χ3n) is 5.24. The van der Waals surface area contributed by atoms with Gasteiger partial charge in [0.05, 0.1) is 11.1 Å². The van der Waals surface area contributed by atoms with Crippen LogP contribution in [-0.4, -0.2) is 40.8 Å². The van der Waals surface area contributed by atoms with Crippen LogP contribution in [0.4, 0.5) is 0 Å². The average molecular weight is 361 g/mol. The van der Waals surface area contributed by atoms with Gasteiger partial charge in [-0.1, -0.05) is 0 Å². The summed E-state index contributed by atoms with van der Waals surface area (Å²) < 4.78 is 0. The Bertz CT molecular complexity index is 704. The molecule has 0 bridgehead atoms. The van der Waals surface area contributed by atoms with E-state index in [4.69, 9.17) is 0 Å². The first-order chi connectivity index (χ1) is 11.7. The summed E-state index contributed by atoms with van der Waals surface area (Å²) in [5, 5.41) is 8.71. The van der Waals surface area contributed by atoms with Gasteiger partial charge in [0, 0.05) is 29.9 Å². The summed E-state index contributed by atoms with van der Waals surface area (Å²) in [7, 11) is 0. The number of piperidine rings is 1. The predicted molar refractivity (Wildman–Crippen MR) is 94.5 cm³/mol. The van der Waals surface area contributed by atoms with Crippen LogP contribution in [0.3, 0.4) is 0 Å². The second kappa shape index (κ2) is 6.29. The minimum atomic E-state index is -0.0684. The lowest BCUT2D eigenvalue weighted by atomic mass is 9.60. The Morgan fingerprint density at radius 3 is 2.62 bits per heavy atom. The molecule has 7 heteroatoms. The van der Waals surface area contributed by atoms with E-state index < -0.39 is 0 Å². The van der Waals surface area contributed by atoms with E-state index in [1.54, 1.807) is 22.2 Å². The predicted octanol–water partition coefficient (Wildman–Crippen LogP) is 3.02. The SMILES string of the molecule is O=C(NC1CC2(CCN(C(=O)c3ccsc3)CC2)C1)c1cscn1. The van der Waals surface area contributed by atoms with Gasteiger partial charge in [-0.3, -0.25) is 9.59 Å². The Labute approximate surface area is 148 Å². The molecule has 2 amide bonds. The maximum atomic E-state index is 12.4. The van der Waals surface area contributed by atoms with Crippen LogP contribution in [0.5, 0.6) is 0 Å². The molecule has 2 fully saturated rings. The zero-order valence-electron chi connectivity index (χ0n) is 13.2. The smallest absolute Gasteiger partial charge is 0.270 e. The number of carbonyl (C=O) groups excluding carboxylic acids is 2. The molecule has 2 aromatic heterocycles. The second-order valence-electron chi connectivity index (χ2n) is 6.76. The molecule has 2 aromatic rings. The van der Waals surface area contributed by atoms with Gasteiger partial charge in [0.15, 0.2) is 0 Å². The fourth-order valence-electron chi connectivity index (χ4n) is 3.83. The fourth-order valence-corrected chi connectivity index (χ4v) is 4.99. The van der Waals surface area contributed by atoms with Gasteiger partial charge in [-0.15, -0.1) is 11.3 Å². The zero-order valence-corrected chi connectivity index (χ0v) is 14.9. The van der Waals surface area contributed by atoms with Gasteiger partial charge < -0.3 is 10.2 Å². The first-order valence-electron chi connectivity index (χ1n) is 8.16. The highest BCUT2D eigenvalue weighted by Gasteiger charge is 2.46. The molecule has 4 rings (SSSR count). The van der Waals surface area contributed by atoms with Crippen molar-refractivity contribution in [1.82, 2.24) is 15.2 Å². The summed E-state index contributed by atoms with van der Waals surface area (Å²) in [5.41, 5.74) is 3.30. The van der Waals surface area contributed by atoms with Crippen LogP contribution in [-0.2, 0) is 0 Å². The van der Waals surface area contributed by atoms with Gasteiger partial charge in [-0.05, 0) is 42.5 Å². The van der Waals surface area contributed by atoms with Crippen molar-refractivity contribution in [3.63, 3.8) is 0 Å². The molecule has 126 valence electrons. The van der Waals surface area contributed by atoms with Gasteiger partial charge in [-0.25, -0.2) is 4.98 Å². The molecule has 0 radical (unpaired) electrons. The number of thiazole rings is 1. The zero-order chi connectivity index (χ0) is 16.6. The molecule has 1 aliphatic heterocycles. The highest BCUT2D eigenvalue weighted by molar-refractivity contribution is 7.08. The Morgan fingerprint density at radius 2 is 2.00 bits per heavy atom. The molecule has 5 nitrogen and oxygen atoms in total. The van der Waals surface area contributed by atoms with Gasteiger partial charge >= 0.3 is 0 Å². The van der Waals surface area contributed by atoms with E-state index in [-0.39, 0.29) is 17.9 Å². The van der Waals surface area contributed by atoms with Gasteiger partial charge in [0.2, 0.25) is 0 Å². The van der Waals surface area contributed by atoms with Gasteiger partial charge in [0.25, 0.3) is 11.8 Å². The number of likely N-dealkylation sites (tertiary alicyclic amines) is 1. The Hall–Kier alpha value is -1.73. The largest absolute Gasteiger partial charge is 0.348 e. The lowest BCUT2D eigenvalue weighted by Gasteiger charge is -2.52. The van der Waals surface area contributed by atoms with Crippen molar-refractivity contribution in [2.45, 2.75) is 31.7 Å². The van der Waals surface area contributed by atoms with E-state index >= 15 is 0 Å². The van der Waals surface area contributed by atoms with Crippen LogP contribution in [0.1, 0.15) is 46.5 Å². The van der Waals surface area contributed by atoms with Crippen LogP contribution < -0.4 is 5.32 Å². The monoisotopic (exact) mass is 361 g/mol. The van der Waals surface area contributed by atoms with Gasteiger partial charge in [0.1, 0.15) is 5.69 Å². The van der Waals surface area contributed by atoms with E-state index in [1.165, 1.54) is 11.3 Å². The number of aromatic nitrogens is 1. The number of thiophene rings is 1. The van der Waals surface area contributed by atoms with Crippen LogP contribution in [0.15, 0.2) is 27.7 Å². The first kappa shape index (κ1) is 15.8. The molecule has 3 heterocycles. The third-order valence-corrected chi connectivity index (χ3v) is 6.51. The average Bonchev–Trinajstić information content (AvgIpc) is 3.26.